The average molecular weight is 478 g/mol. The van der Waals surface area contributed by atoms with Gasteiger partial charge in [-0.2, -0.15) is 13.2 Å². The summed E-state index contributed by atoms with van der Waals surface area (Å²) < 4.78 is 46.1. The van der Waals surface area contributed by atoms with Crippen molar-refractivity contribution >= 4 is 22.7 Å². The number of nitrogens with one attached hydrogen (secondary N) is 1. The predicted molar refractivity (Wildman–Crippen MR) is 116 cm³/mol. The van der Waals surface area contributed by atoms with Gasteiger partial charge in [0.05, 0.1) is 11.7 Å². The van der Waals surface area contributed by atoms with Crippen LogP contribution < -0.4 is 10.2 Å². The molecule has 34 heavy (non-hydrogen) atoms. The van der Waals surface area contributed by atoms with Crippen LogP contribution in [0.25, 0.3) is 22.3 Å². The van der Waals surface area contributed by atoms with Crippen molar-refractivity contribution in [3.8, 4) is 11.4 Å². The highest BCUT2D eigenvalue weighted by Gasteiger charge is 2.45. The minimum Gasteiger partial charge on any atom is -0.475 e. The number of anilines is 1. The predicted octanol–water partition coefficient (Wildman–Crippen LogP) is 3.25. The number of piperidine rings is 1. The molecular formula is C22H22F4N6O2. The number of carboxylic acid groups (broad SMARTS) is 1. The molecule has 0 aliphatic carbocycles. The molecule has 2 fully saturated rings. The fourth-order valence-electron chi connectivity index (χ4n) is 4.26. The normalized spacial score (nSPS) is 19.6. The highest BCUT2D eigenvalue weighted by atomic mass is 19.4. The van der Waals surface area contributed by atoms with Crippen molar-refractivity contribution in [1.29, 1.82) is 0 Å². The van der Waals surface area contributed by atoms with E-state index in [9.17, 15) is 17.6 Å². The van der Waals surface area contributed by atoms with E-state index < -0.39 is 18.3 Å². The van der Waals surface area contributed by atoms with E-state index in [4.69, 9.17) is 14.9 Å². The summed E-state index contributed by atoms with van der Waals surface area (Å²) in [4.78, 5) is 29.0. The van der Waals surface area contributed by atoms with Gasteiger partial charge >= 0.3 is 12.1 Å². The van der Waals surface area contributed by atoms with Gasteiger partial charge in [-0.25, -0.2) is 19.2 Å². The molecule has 0 bridgehead atoms. The highest BCUT2D eigenvalue weighted by Crippen LogP contribution is 2.41. The number of aromatic nitrogens is 4. The molecule has 12 heteroatoms. The first-order valence-electron chi connectivity index (χ1n) is 10.6. The molecule has 0 saturated carbocycles. The number of hydrogen-bond acceptors (Lipinski definition) is 7. The molecule has 1 spiro atoms. The molecular weight excluding hydrogens is 456 g/mol. The Hall–Kier alpha value is -3.41. The zero-order valence-corrected chi connectivity index (χ0v) is 18.0. The van der Waals surface area contributed by atoms with E-state index in [1.165, 1.54) is 0 Å². The summed E-state index contributed by atoms with van der Waals surface area (Å²) in [5, 5.41) is 11.3. The molecule has 5 heterocycles. The van der Waals surface area contributed by atoms with Crippen molar-refractivity contribution in [3.05, 3.63) is 43.0 Å². The summed E-state index contributed by atoms with van der Waals surface area (Å²) in [6.45, 7) is 2.85. The Labute approximate surface area is 192 Å². The maximum absolute atomic E-state index is 14.4. The summed E-state index contributed by atoms with van der Waals surface area (Å²) >= 11 is 0. The van der Waals surface area contributed by atoms with Crippen molar-refractivity contribution in [3.63, 3.8) is 0 Å². The zero-order valence-electron chi connectivity index (χ0n) is 18.0. The first-order chi connectivity index (χ1) is 16.2. The maximum atomic E-state index is 14.4. The fraction of sp³-hybridized carbons (Fsp3) is 0.409. The Balaban J connectivity index is 0.000000344. The lowest BCUT2D eigenvalue weighted by Crippen LogP contribution is -2.45. The number of carboxylic acids is 1. The summed E-state index contributed by atoms with van der Waals surface area (Å²) in [7, 11) is 0. The molecule has 1 atom stereocenters. The Morgan fingerprint density at radius 2 is 1.74 bits per heavy atom. The fourth-order valence-corrected chi connectivity index (χ4v) is 4.26. The molecule has 0 radical (unpaired) electrons. The summed E-state index contributed by atoms with van der Waals surface area (Å²) in [6.07, 6.45) is 2.86. The maximum Gasteiger partial charge on any atom is 0.490 e. The summed E-state index contributed by atoms with van der Waals surface area (Å²) in [6, 6.07) is 5.77. The van der Waals surface area contributed by atoms with Crippen LogP contribution in [0.15, 0.2) is 43.0 Å². The van der Waals surface area contributed by atoms with E-state index in [0.717, 1.165) is 54.8 Å². The van der Waals surface area contributed by atoms with E-state index in [1.807, 2.05) is 18.2 Å². The number of rotatable bonds is 2. The Bertz CT molecular complexity index is 1150. The molecule has 0 unspecified atom stereocenters. The number of aliphatic carboxylic acids is 1. The molecule has 2 aliphatic rings. The lowest BCUT2D eigenvalue weighted by atomic mass is 9.76. The molecule has 5 rings (SSSR count). The van der Waals surface area contributed by atoms with Gasteiger partial charge in [0.15, 0.2) is 5.82 Å². The number of fused-ring (bicyclic) bond motifs is 1. The second kappa shape index (κ2) is 9.45. The van der Waals surface area contributed by atoms with Crippen LogP contribution in [-0.4, -0.2) is 69.5 Å². The van der Waals surface area contributed by atoms with Gasteiger partial charge in [0.1, 0.15) is 12.0 Å². The second-order valence-electron chi connectivity index (χ2n) is 8.25. The minimum atomic E-state index is -5.08. The van der Waals surface area contributed by atoms with Crippen LogP contribution in [0, 0.1) is 5.41 Å². The van der Waals surface area contributed by atoms with Crippen LogP contribution in [0.5, 0.6) is 0 Å². The molecule has 8 nitrogen and oxygen atoms in total. The van der Waals surface area contributed by atoms with Gasteiger partial charge in [-0.05, 0) is 31.0 Å². The highest BCUT2D eigenvalue weighted by molar-refractivity contribution is 5.90. The van der Waals surface area contributed by atoms with Crippen LogP contribution in [0.2, 0.25) is 0 Å². The number of halogens is 4. The number of alkyl halides is 4. The molecule has 0 aromatic carbocycles. The topological polar surface area (TPSA) is 104 Å². The number of hydrogen-bond donors (Lipinski definition) is 2. The van der Waals surface area contributed by atoms with Crippen molar-refractivity contribution < 1.29 is 27.5 Å². The number of pyridine rings is 2. The van der Waals surface area contributed by atoms with E-state index in [2.05, 4.69) is 25.2 Å². The second-order valence-corrected chi connectivity index (χ2v) is 8.25. The van der Waals surface area contributed by atoms with E-state index in [1.54, 1.807) is 24.8 Å². The Morgan fingerprint density at radius 1 is 1.09 bits per heavy atom. The lowest BCUT2D eigenvalue weighted by Gasteiger charge is -2.40. The van der Waals surface area contributed by atoms with Gasteiger partial charge in [0.2, 0.25) is 0 Å². The summed E-state index contributed by atoms with van der Waals surface area (Å²) in [5.74, 6) is -1.18. The van der Waals surface area contributed by atoms with Crippen molar-refractivity contribution in [2.45, 2.75) is 25.2 Å². The molecule has 2 saturated heterocycles. The standard InChI is InChI=1S/C20H21FN6.C2HF3O2/c21-17-12-24-13-20(17)4-9-27(10-5-20)19-15-3-8-23-11-16(15)25-18(26-19)14-1-6-22-7-2-14;3-2(4,5)1(6)7/h1-3,6-8,11,17,24H,4-5,9-10,12-13H2;(H,6,7)/t17-;/m1./s1. The molecule has 180 valence electrons. The Kier molecular flexibility index (Phi) is 6.60. The lowest BCUT2D eigenvalue weighted by molar-refractivity contribution is -0.192. The van der Waals surface area contributed by atoms with Crippen LogP contribution in [-0.2, 0) is 4.79 Å². The zero-order chi connectivity index (χ0) is 24.3. The van der Waals surface area contributed by atoms with Crippen LogP contribution in [0.1, 0.15) is 12.8 Å². The first kappa shape index (κ1) is 23.7. The number of nitrogens with zero attached hydrogens (tertiary/aromatic N) is 5. The van der Waals surface area contributed by atoms with Crippen molar-refractivity contribution in [2.75, 3.05) is 31.1 Å². The largest absolute Gasteiger partial charge is 0.490 e. The van der Waals surface area contributed by atoms with Crippen LogP contribution in [0.3, 0.4) is 0 Å². The molecule has 3 aromatic rings. The van der Waals surface area contributed by atoms with Gasteiger partial charge in [-0.15, -0.1) is 0 Å². The number of carbonyl (C=O) groups is 1. The SMILES string of the molecule is F[C@@H]1CNCC12CCN(c1nc(-c3ccncc3)nc3cnccc13)CC2.O=C(O)C(F)(F)F. The first-order valence-corrected chi connectivity index (χ1v) is 10.6. The molecule has 2 aliphatic heterocycles. The monoisotopic (exact) mass is 478 g/mol. The quantitative estimate of drug-likeness (QED) is 0.541. The third-order valence-corrected chi connectivity index (χ3v) is 6.18. The van der Waals surface area contributed by atoms with E-state index >= 15 is 0 Å². The van der Waals surface area contributed by atoms with Gasteiger partial charge in [0, 0.05) is 61.1 Å². The van der Waals surface area contributed by atoms with Gasteiger partial charge in [0.25, 0.3) is 0 Å². The van der Waals surface area contributed by atoms with Crippen molar-refractivity contribution in [2.24, 2.45) is 5.41 Å². The van der Waals surface area contributed by atoms with E-state index in [0.29, 0.717) is 12.4 Å². The van der Waals surface area contributed by atoms with Crippen molar-refractivity contribution in [1.82, 2.24) is 25.3 Å². The van der Waals surface area contributed by atoms with Gasteiger partial charge in [-0.3, -0.25) is 9.97 Å². The summed E-state index contributed by atoms with van der Waals surface area (Å²) in [5.41, 5.74) is 1.53. The molecule has 0 amide bonds. The average Bonchev–Trinajstić information content (AvgIpc) is 3.18. The minimum absolute atomic E-state index is 0.213. The molecule has 3 aromatic heterocycles. The van der Waals surface area contributed by atoms with Crippen LogP contribution in [0.4, 0.5) is 23.4 Å². The molecule has 2 N–H and O–H groups in total. The van der Waals surface area contributed by atoms with Gasteiger partial charge in [-0.1, -0.05) is 0 Å². The Morgan fingerprint density at radius 3 is 2.32 bits per heavy atom. The van der Waals surface area contributed by atoms with E-state index in [-0.39, 0.29) is 5.41 Å². The third kappa shape index (κ3) is 4.91. The smallest absolute Gasteiger partial charge is 0.475 e. The van der Waals surface area contributed by atoms with Gasteiger partial charge < -0.3 is 15.3 Å². The third-order valence-electron chi connectivity index (χ3n) is 6.18. The van der Waals surface area contributed by atoms with Crippen LogP contribution >= 0.6 is 0 Å².